The van der Waals surface area contributed by atoms with Gasteiger partial charge in [-0.25, -0.2) is 9.37 Å². The van der Waals surface area contributed by atoms with Crippen molar-refractivity contribution in [2.75, 3.05) is 13.6 Å². The summed E-state index contributed by atoms with van der Waals surface area (Å²) in [7, 11) is 1.72. The third-order valence-corrected chi connectivity index (χ3v) is 4.74. The second-order valence-corrected chi connectivity index (χ2v) is 6.89. The number of para-hydroxylation sites is 1. The summed E-state index contributed by atoms with van der Waals surface area (Å²) >= 11 is 0. The standard InChI is InChI=1S/C23H23FN4O2.HI/c1-25-23(28-15-20-12-16-6-2-3-10-21(16)29-20)27-14-17-7-5-11-26-22(17)30-19-9-4-8-18(24)13-19;/h2-11,13,20H,12,14-15H2,1H3,(H2,25,27,28);1H. The zero-order valence-corrected chi connectivity index (χ0v) is 19.4. The summed E-state index contributed by atoms with van der Waals surface area (Å²) in [6.45, 7) is 1.08. The summed E-state index contributed by atoms with van der Waals surface area (Å²) in [5, 5.41) is 6.55. The van der Waals surface area contributed by atoms with Crippen molar-refractivity contribution in [1.82, 2.24) is 15.6 Å². The molecule has 8 heteroatoms. The molecule has 1 aliphatic rings. The number of pyridine rings is 1. The number of nitrogens with one attached hydrogen (secondary N) is 2. The van der Waals surface area contributed by atoms with Crippen LogP contribution in [0.15, 0.2) is 71.9 Å². The third-order valence-electron chi connectivity index (χ3n) is 4.74. The van der Waals surface area contributed by atoms with Crippen LogP contribution in [-0.2, 0) is 13.0 Å². The number of rotatable bonds is 6. The van der Waals surface area contributed by atoms with E-state index in [0.717, 1.165) is 17.7 Å². The molecule has 2 N–H and O–H groups in total. The van der Waals surface area contributed by atoms with Gasteiger partial charge in [-0.1, -0.05) is 30.3 Å². The molecule has 0 amide bonds. The van der Waals surface area contributed by atoms with Gasteiger partial charge in [-0.15, -0.1) is 24.0 Å². The first kappa shape index (κ1) is 22.8. The van der Waals surface area contributed by atoms with E-state index in [9.17, 15) is 4.39 Å². The van der Waals surface area contributed by atoms with Gasteiger partial charge in [-0.05, 0) is 29.8 Å². The summed E-state index contributed by atoms with van der Waals surface area (Å²) in [5.74, 6) is 2.05. The van der Waals surface area contributed by atoms with E-state index in [0.29, 0.717) is 30.7 Å². The van der Waals surface area contributed by atoms with Crippen LogP contribution in [0, 0.1) is 5.82 Å². The Bertz CT molecular complexity index is 1020. The minimum absolute atomic E-state index is 0. The van der Waals surface area contributed by atoms with Crippen LogP contribution in [0.1, 0.15) is 11.1 Å². The molecule has 3 aromatic rings. The Balaban J connectivity index is 0.00000272. The van der Waals surface area contributed by atoms with Crippen molar-refractivity contribution in [1.29, 1.82) is 0 Å². The molecule has 1 aromatic heterocycles. The van der Waals surface area contributed by atoms with E-state index in [1.54, 1.807) is 25.4 Å². The normalized spacial score (nSPS) is 14.8. The highest BCUT2D eigenvalue weighted by Gasteiger charge is 2.22. The molecule has 0 bridgehead atoms. The van der Waals surface area contributed by atoms with Crippen molar-refractivity contribution >= 4 is 29.9 Å². The molecular weight excluding hydrogens is 510 g/mol. The van der Waals surface area contributed by atoms with Crippen molar-refractivity contribution in [2.45, 2.75) is 19.1 Å². The molecule has 0 saturated heterocycles. The molecule has 1 unspecified atom stereocenters. The van der Waals surface area contributed by atoms with Crippen LogP contribution in [0.5, 0.6) is 17.4 Å². The molecule has 2 heterocycles. The van der Waals surface area contributed by atoms with Crippen LogP contribution in [0.3, 0.4) is 0 Å². The highest BCUT2D eigenvalue weighted by molar-refractivity contribution is 14.0. The number of aromatic nitrogens is 1. The fraction of sp³-hybridized carbons (Fsp3) is 0.217. The van der Waals surface area contributed by atoms with Crippen LogP contribution in [0.2, 0.25) is 0 Å². The molecule has 6 nitrogen and oxygen atoms in total. The minimum atomic E-state index is -0.357. The van der Waals surface area contributed by atoms with Crippen LogP contribution in [0.4, 0.5) is 4.39 Å². The van der Waals surface area contributed by atoms with Crippen molar-refractivity contribution in [3.8, 4) is 17.4 Å². The maximum atomic E-state index is 13.4. The van der Waals surface area contributed by atoms with Crippen molar-refractivity contribution in [2.24, 2.45) is 4.99 Å². The number of halogens is 2. The Hall–Kier alpha value is -2.88. The minimum Gasteiger partial charge on any atom is -0.488 e. The number of benzene rings is 2. The molecule has 0 saturated carbocycles. The fourth-order valence-corrected chi connectivity index (χ4v) is 3.27. The summed E-state index contributed by atoms with van der Waals surface area (Å²) in [4.78, 5) is 8.54. The van der Waals surface area contributed by atoms with Crippen LogP contribution in [0.25, 0.3) is 0 Å². The van der Waals surface area contributed by atoms with Crippen LogP contribution in [-0.4, -0.2) is 30.6 Å². The van der Waals surface area contributed by atoms with Gasteiger partial charge >= 0.3 is 0 Å². The van der Waals surface area contributed by atoms with Crippen molar-refractivity contribution in [3.05, 3.63) is 83.8 Å². The predicted molar refractivity (Wildman–Crippen MR) is 129 cm³/mol. The maximum Gasteiger partial charge on any atom is 0.224 e. The maximum absolute atomic E-state index is 13.4. The number of ether oxygens (including phenoxy) is 2. The first-order valence-corrected chi connectivity index (χ1v) is 9.77. The van der Waals surface area contributed by atoms with E-state index in [4.69, 9.17) is 9.47 Å². The Morgan fingerprint density at radius 3 is 2.84 bits per heavy atom. The molecule has 31 heavy (non-hydrogen) atoms. The molecule has 1 aliphatic heterocycles. The first-order chi connectivity index (χ1) is 14.7. The Labute approximate surface area is 197 Å². The third kappa shape index (κ3) is 6.06. The second-order valence-electron chi connectivity index (χ2n) is 6.89. The smallest absolute Gasteiger partial charge is 0.224 e. The van der Waals surface area contributed by atoms with E-state index >= 15 is 0 Å². The van der Waals surface area contributed by atoms with Gasteiger partial charge in [0.2, 0.25) is 5.88 Å². The molecule has 1 atom stereocenters. The zero-order chi connectivity index (χ0) is 20.8. The van der Waals surface area contributed by atoms with E-state index < -0.39 is 0 Å². The summed E-state index contributed by atoms with van der Waals surface area (Å²) in [5.41, 5.74) is 2.05. The number of fused-ring (bicyclic) bond motifs is 1. The molecule has 0 spiro atoms. The van der Waals surface area contributed by atoms with Crippen LogP contribution < -0.4 is 20.1 Å². The largest absolute Gasteiger partial charge is 0.488 e. The Morgan fingerprint density at radius 1 is 1.16 bits per heavy atom. The van der Waals surface area contributed by atoms with Gasteiger partial charge < -0.3 is 20.1 Å². The number of guanidine groups is 1. The Kier molecular flexibility index (Phi) is 8.05. The summed E-state index contributed by atoms with van der Waals surface area (Å²) in [6.07, 6.45) is 2.57. The van der Waals surface area contributed by atoms with E-state index in [-0.39, 0.29) is 35.9 Å². The van der Waals surface area contributed by atoms with Gasteiger partial charge in [0.05, 0.1) is 6.54 Å². The zero-order valence-electron chi connectivity index (χ0n) is 17.0. The first-order valence-electron chi connectivity index (χ1n) is 9.77. The lowest BCUT2D eigenvalue weighted by molar-refractivity contribution is 0.235. The molecule has 4 rings (SSSR count). The number of hydrogen-bond acceptors (Lipinski definition) is 4. The monoisotopic (exact) mass is 534 g/mol. The molecule has 2 aromatic carbocycles. The molecule has 162 valence electrons. The number of aliphatic imine (C=N–C) groups is 1. The topological polar surface area (TPSA) is 67.8 Å². The average molecular weight is 534 g/mol. The molecular formula is C23H24FIN4O2. The number of hydrogen-bond donors (Lipinski definition) is 2. The fourth-order valence-electron chi connectivity index (χ4n) is 3.27. The van der Waals surface area contributed by atoms with Crippen molar-refractivity contribution in [3.63, 3.8) is 0 Å². The highest BCUT2D eigenvalue weighted by atomic mass is 127. The highest BCUT2D eigenvalue weighted by Crippen LogP contribution is 2.27. The lowest BCUT2D eigenvalue weighted by Crippen LogP contribution is -2.42. The lowest BCUT2D eigenvalue weighted by Gasteiger charge is -2.16. The summed E-state index contributed by atoms with van der Waals surface area (Å²) < 4.78 is 25.1. The van der Waals surface area contributed by atoms with E-state index in [1.807, 2.05) is 30.3 Å². The predicted octanol–water partition coefficient (Wildman–Crippen LogP) is 4.30. The average Bonchev–Trinajstić information content (AvgIpc) is 3.18. The van der Waals surface area contributed by atoms with Gasteiger partial charge in [0, 0.05) is 37.8 Å². The molecule has 0 fully saturated rings. The second kappa shape index (κ2) is 10.9. The van der Waals surface area contributed by atoms with Crippen LogP contribution >= 0.6 is 24.0 Å². The van der Waals surface area contributed by atoms with Crippen molar-refractivity contribution < 1.29 is 13.9 Å². The van der Waals surface area contributed by atoms with Gasteiger partial charge in [0.1, 0.15) is 23.4 Å². The SMILES string of the molecule is CN=C(NCc1cccnc1Oc1cccc(F)c1)NCC1Cc2ccccc2O1.I. The lowest BCUT2D eigenvalue weighted by atomic mass is 10.1. The summed E-state index contributed by atoms with van der Waals surface area (Å²) in [6, 6.07) is 17.8. The quantitative estimate of drug-likeness (QED) is 0.281. The van der Waals surface area contributed by atoms with Gasteiger partial charge in [-0.2, -0.15) is 0 Å². The number of nitrogens with zero attached hydrogens (tertiary/aromatic N) is 2. The Morgan fingerprint density at radius 2 is 2.03 bits per heavy atom. The molecule has 0 aliphatic carbocycles. The van der Waals surface area contributed by atoms with Gasteiger partial charge in [0.25, 0.3) is 0 Å². The van der Waals surface area contributed by atoms with Gasteiger partial charge in [0.15, 0.2) is 5.96 Å². The van der Waals surface area contributed by atoms with E-state index in [2.05, 4.69) is 26.7 Å². The molecule has 0 radical (unpaired) electrons. The van der Waals surface area contributed by atoms with E-state index in [1.165, 1.54) is 17.7 Å². The van der Waals surface area contributed by atoms with Gasteiger partial charge in [-0.3, -0.25) is 4.99 Å².